The number of nitrogens with one attached hydrogen (secondary N) is 1. The quantitative estimate of drug-likeness (QED) is 0.904. The van der Waals surface area contributed by atoms with E-state index in [9.17, 15) is 9.90 Å². The van der Waals surface area contributed by atoms with Gasteiger partial charge in [-0.15, -0.1) is 0 Å². The number of aliphatic hydroxyl groups is 1. The van der Waals surface area contributed by atoms with Crippen molar-refractivity contribution in [2.75, 3.05) is 11.9 Å². The van der Waals surface area contributed by atoms with Crippen molar-refractivity contribution in [2.24, 2.45) is 0 Å². The second kappa shape index (κ2) is 6.45. The minimum atomic E-state index is -0.713. The van der Waals surface area contributed by atoms with Crippen molar-refractivity contribution < 1.29 is 18.7 Å². The first-order valence-corrected chi connectivity index (χ1v) is 7.77. The van der Waals surface area contributed by atoms with Crippen LogP contribution in [0.15, 0.2) is 27.2 Å². The first kappa shape index (κ1) is 15.6. The van der Waals surface area contributed by atoms with Gasteiger partial charge in [-0.05, 0) is 38.8 Å². The number of carbonyl (C=O) groups excluding carboxylic acids is 1. The highest BCUT2D eigenvalue weighted by atomic mass is 16.4. The number of aryl methyl sites for hydroxylation is 2. The lowest BCUT2D eigenvalue weighted by Gasteiger charge is -2.25. The number of hydrogen-bond donors (Lipinski definition) is 2. The number of furan rings is 1. The number of rotatable bonds is 4. The van der Waals surface area contributed by atoms with Gasteiger partial charge in [0.25, 0.3) is 0 Å². The molecule has 0 aromatic carbocycles. The number of likely N-dealkylation sites (tertiary alicyclic amines) is 1. The second-order valence-corrected chi connectivity index (χ2v) is 5.85. The number of aliphatic hydroxyl groups excluding tert-OH is 1. The lowest BCUT2D eigenvalue weighted by Crippen LogP contribution is -2.39. The van der Waals surface area contributed by atoms with Gasteiger partial charge in [-0.25, -0.2) is 4.79 Å². The van der Waals surface area contributed by atoms with E-state index in [1.54, 1.807) is 24.0 Å². The van der Waals surface area contributed by atoms with Crippen LogP contribution in [0.1, 0.15) is 42.6 Å². The van der Waals surface area contributed by atoms with Gasteiger partial charge in [0.05, 0.1) is 12.0 Å². The van der Waals surface area contributed by atoms with Gasteiger partial charge in [0.15, 0.2) is 0 Å². The molecule has 0 radical (unpaired) electrons. The molecule has 1 aliphatic heterocycles. The van der Waals surface area contributed by atoms with E-state index in [-0.39, 0.29) is 18.1 Å². The molecule has 3 heterocycles. The predicted octanol–water partition coefficient (Wildman–Crippen LogP) is 3.00. The topological polar surface area (TPSA) is 91.7 Å². The minimum absolute atomic E-state index is 0.0349. The number of amides is 2. The summed E-state index contributed by atoms with van der Waals surface area (Å²) in [5.41, 5.74) is 0.756. The Labute approximate surface area is 134 Å². The van der Waals surface area contributed by atoms with Gasteiger partial charge in [0, 0.05) is 19.0 Å². The summed E-state index contributed by atoms with van der Waals surface area (Å²) in [7, 11) is 0. The maximum atomic E-state index is 12.4. The van der Waals surface area contributed by atoms with E-state index < -0.39 is 6.10 Å². The monoisotopic (exact) mass is 319 g/mol. The number of urea groups is 1. The van der Waals surface area contributed by atoms with Crippen LogP contribution in [-0.4, -0.2) is 33.6 Å². The highest BCUT2D eigenvalue weighted by Crippen LogP contribution is 2.28. The molecule has 2 unspecified atom stereocenters. The van der Waals surface area contributed by atoms with E-state index >= 15 is 0 Å². The molecule has 0 saturated carbocycles. The van der Waals surface area contributed by atoms with Crippen LogP contribution in [0.2, 0.25) is 0 Å². The Morgan fingerprint density at radius 1 is 1.57 bits per heavy atom. The van der Waals surface area contributed by atoms with Crippen molar-refractivity contribution in [1.82, 2.24) is 9.88 Å². The molecular weight excluding hydrogens is 298 g/mol. The molecule has 23 heavy (non-hydrogen) atoms. The Hall–Kier alpha value is -2.28. The Balaban J connectivity index is 1.62. The molecule has 7 nitrogen and oxygen atoms in total. The molecule has 0 aliphatic carbocycles. The lowest BCUT2D eigenvalue weighted by molar-refractivity contribution is 0.110. The van der Waals surface area contributed by atoms with Crippen LogP contribution in [0.25, 0.3) is 0 Å². The van der Waals surface area contributed by atoms with Crippen LogP contribution in [0, 0.1) is 13.8 Å². The van der Waals surface area contributed by atoms with Gasteiger partial charge < -0.3 is 18.8 Å². The molecule has 1 fully saturated rings. The van der Waals surface area contributed by atoms with E-state index in [1.165, 1.54) is 6.26 Å². The van der Waals surface area contributed by atoms with E-state index in [4.69, 9.17) is 8.83 Å². The molecule has 124 valence electrons. The van der Waals surface area contributed by atoms with Crippen molar-refractivity contribution in [3.63, 3.8) is 0 Å². The molecule has 7 heteroatoms. The zero-order chi connectivity index (χ0) is 16.4. The summed E-state index contributed by atoms with van der Waals surface area (Å²) in [4.78, 5) is 18.3. The fraction of sp³-hybridized carbons (Fsp3) is 0.500. The number of nitrogens with zero attached hydrogens (tertiary/aromatic N) is 2. The van der Waals surface area contributed by atoms with Gasteiger partial charge in [-0.2, -0.15) is 4.98 Å². The molecule has 1 saturated heterocycles. The maximum Gasteiger partial charge on any atom is 0.325 e. The third kappa shape index (κ3) is 3.39. The summed E-state index contributed by atoms with van der Waals surface area (Å²) < 4.78 is 10.6. The third-order valence-electron chi connectivity index (χ3n) is 4.25. The average molecular weight is 319 g/mol. The molecule has 2 atom stereocenters. The smallest absolute Gasteiger partial charge is 0.325 e. The number of aromatic nitrogens is 1. The van der Waals surface area contributed by atoms with E-state index in [2.05, 4.69) is 10.3 Å². The molecule has 2 amide bonds. The van der Waals surface area contributed by atoms with Crippen LogP contribution < -0.4 is 5.32 Å². The van der Waals surface area contributed by atoms with Crippen LogP contribution in [0.3, 0.4) is 0 Å². The zero-order valence-electron chi connectivity index (χ0n) is 13.3. The highest BCUT2D eigenvalue weighted by Gasteiger charge is 2.32. The largest absolute Gasteiger partial charge is 0.467 e. The average Bonchev–Trinajstić information content (AvgIpc) is 3.22. The van der Waals surface area contributed by atoms with Crippen molar-refractivity contribution >= 4 is 12.0 Å². The fourth-order valence-electron chi connectivity index (χ4n) is 2.89. The summed E-state index contributed by atoms with van der Waals surface area (Å²) in [6.07, 6.45) is 3.03. The van der Waals surface area contributed by atoms with Gasteiger partial charge in [-0.1, -0.05) is 0 Å². The fourth-order valence-corrected chi connectivity index (χ4v) is 2.89. The summed E-state index contributed by atoms with van der Waals surface area (Å²) in [6, 6.07) is 3.41. The van der Waals surface area contributed by atoms with Crippen LogP contribution >= 0.6 is 0 Å². The molecule has 0 spiro atoms. The summed E-state index contributed by atoms with van der Waals surface area (Å²) in [5, 5.41) is 12.9. The summed E-state index contributed by atoms with van der Waals surface area (Å²) >= 11 is 0. The SMILES string of the molecule is Cc1nc(NC(=O)N2CCCC2CC(O)c2ccco2)oc1C. The molecule has 2 aromatic heterocycles. The van der Waals surface area contributed by atoms with Crippen molar-refractivity contribution in [1.29, 1.82) is 0 Å². The predicted molar refractivity (Wildman–Crippen MR) is 83.0 cm³/mol. The second-order valence-electron chi connectivity index (χ2n) is 5.85. The molecule has 2 aromatic rings. The van der Waals surface area contributed by atoms with E-state index in [0.29, 0.717) is 24.5 Å². The summed E-state index contributed by atoms with van der Waals surface area (Å²) in [6.45, 7) is 4.28. The van der Waals surface area contributed by atoms with E-state index in [1.807, 2.05) is 6.92 Å². The molecule has 3 rings (SSSR count). The molecule has 0 bridgehead atoms. The van der Waals surface area contributed by atoms with Crippen LogP contribution in [0.4, 0.5) is 10.8 Å². The molecular formula is C16H21N3O4. The maximum absolute atomic E-state index is 12.4. The minimum Gasteiger partial charge on any atom is -0.467 e. The highest BCUT2D eigenvalue weighted by molar-refractivity contribution is 5.87. The normalized spacial score (nSPS) is 19.1. The van der Waals surface area contributed by atoms with Crippen LogP contribution in [0.5, 0.6) is 0 Å². The Morgan fingerprint density at radius 2 is 2.39 bits per heavy atom. The van der Waals surface area contributed by atoms with Gasteiger partial charge >= 0.3 is 12.0 Å². The first-order valence-electron chi connectivity index (χ1n) is 7.77. The number of carbonyl (C=O) groups is 1. The van der Waals surface area contributed by atoms with Gasteiger partial charge in [0.2, 0.25) is 0 Å². The van der Waals surface area contributed by atoms with Crippen molar-refractivity contribution in [3.8, 4) is 0 Å². The summed E-state index contributed by atoms with van der Waals surface area (Å²) in [5.74, 6) is 1.21. The van der Waals surface area contributed by atoms with Crippen molar-refractivity contribution in [2.45, 2.75) is 45.3 Å². The van der Waals surface area contributed by atoms with E-state index in [0.717, 1.165) is 18.5 Å². The van der Waals surface area contributed by atoms with Crippen LogP contribution in [-0.2, 0) is 0 Å². The first-order chi connectivity index (χ1) is 11.0. The van der Waals surface area contributed by atoms with Gasteiger partial charge in [0.1, 0.15) is 17.6 Å². The standard InChI is InChI=1S/C16H21N3O4/c1-10-11(2)23-15(17-10)18-16(21)19-7-3-5-12(19)9-13(20)14-6-4-8-22-14/h4,6,8,12-13,20H,3,5,7,9H2,1-2H3,(H,17,18,21). The molecule has 2 N–H and O–H groups in total. The number of hydrogen-bond acceptors (Lipinski definition) is 5. The lowest BCUT2D eigenvalue weighted by atomic mass is 10.1. The Kier molecular flexibility index (Phi) is 4.38. The Morgan fingerprint density at radius 3 is 3.04 bits per heavy atom. The number of oxazole rings is 1. The van der Waals surface area contributed by atoms with Gasteiger partial charge in [-0.3, -0.25) is 5.32 Å². The molecule has 1 aliphatic rings. The number of anilines is 1. The van der Waals surface area contributed by atoms with Crippen molar-refractivity contribution in [3.05, 3.63) is 35.6 Å². The Bertz CT molecular complexity index is 645. The zero-order valence-corrected chi connectivity index (χ0v) is 13.3. The third-order valence-corrected chi connectivity index (χ3v) is 4.25.